The van der Waals surface area contributed by atoms with Crippen LogP contribution in [0.15, 0.2) is 0 Å². The molecule has 172 valence electrons. The third-order valence-electron chi connectivity index (χ3n) is 9.52. The predicted molar refractivity (Wildman–Crippen MR) is 109 cm³/mol. The number of likely N-dealkylation sites (tertiary alicyclic amines) is 2. The quantitative estimate of drug-likeness (QED) is 0.606. The van der Waals surface area contributed by atoms with E-state index in [1.807, 2.05) is 0 Å². The number of carbonyl (C=O) groups excluding carboxylic acids is 4. The second kappa shape index (κ2) is 6.86. The minimum Gasteiger partial charge on any atom is -0.373 e. The maximum Gasteiger partial charge on any atom is 0.235 e. The average Bonchev–Trinajstić information content (AvgIpc) is 3.62. The van der Waals surface area contributed by atoms with E-state index < -0.39 is 0 Å². The summed E-state index contributed by atoms with van der Waals surface area (Å²) in [6, 6.07) is 0. The Morgan fingerprint density at radius 3 is 1.25 bits per heavy atom. The standard InChI is InChI=1S/C24H30N2O6/c27-21-17-13-4-5-14(31-13)18(17)22(28)25(21)9-11-2-1-3-12(8-11)10-26-23(29)19-15-6-7-16(32-15)20(19)24(26)30/h11-20H,1-10H2. The van der Waals surface area contributed by atoms with Crippen LogP contribution < -0.4 is 0 Å². The van der Waals surface area contributed by atoms with Crippen LogP contribution >= 0.6 is 0 Å². The summed E-state index contributed by atoms with van der Waals surface area (Å²) in [5, 5.41) is 0. The Balaban J connectivity index is 1.01. The van der Waals surface area contributed by atoms with Gasteiger partial charge in [0.15, 0.2) is 0 Å². The number of imide groups is 2. The lowest BCUT2D eigenvalue weighted by Gasteiger charge is -2.33. The monoisotopic (exact) mass is 442 g/mol. The zero-order valence-electron chi connectivity index (χ0n) is 18.2. The minimum absolute atomic E-state index is 0.0393. The number of hydrogen-bond donors (Lipinski definition) is 0. The van der Waals surface area contributed by atoms with Crippen LogP contribution in [-0.4, -0.2) is 70.9 Å². The van der Waals surface area contributed by atoms with Crippen LogP contribution in [0.5, 0.6) is 0 Å². The highest BCUT2D eigenvalue weighted by molar-refractivity contribution is 6.07. The highest BCUT2D eigenvalue weighted by atomic mass is 16.5. The molecule has 1 aliphatic carbocycles. The second-order valence-electron chi connectivity index (χ2n) is 11.2. The molecule has 0 aromatic carbocycles. The zero-order valence-corrected chi connectivity index (χ0v) is 18.2. The average molecular weight is 443 g/mol. The van der Waals surface area contributed by atoms with Crippen molar-refractivity contribution in [2.24, 2.45) is 35.5 Å². The molecule has 10 unspecified atom stereocenters. The summed E-state index contributed by atoms with van der Waals surface area (Å²) in [4.78, 5) is 55.0. The molecule has 6 saturated heterocycles. The molecular formula is C24H30N2O6. The Morgan fingerprint density at radius 2 is 0.906 bits per heavy atom. The maximum atomic E-state index is 13.0. The van der Waals surface area contributed by atoms with Gasteiger partial charge in [-0.2, -0.15) is 0 Å². The van der Waals surface area contributed by atoms with Crippen molar-refractivity contribution in [1.82, 2.24) is 9.80 Å². The van der Waals surface area contributed by atoms with Gasteiger partial charge >= 0.3 is 0 Å². The van der Waals surface area contributed by atoms with Gasteiger partial charge in [-0.3, -0.25) is 29.0 Å². The molecule has 32 heavy (non-hydrogen) atoms. The van der Waals surface area contributed by atoms with Gasteiger partial charge in [0.25, 0.3) is 0 Å². The van der Waals surface area contributed by atoms with Gasteiger partial charge in [0.1, 0.15) is 0 Å². The molecule has 10 atom stereocenters. The first kappa shape index (κ1) is 19.6. The first-order valence-electron chi connectivity index (χ1n) is 12.5. The molecule has 7 rings (SSSR count). The summed E-state index contributed by atoms with van der Waals surface area (Å²) < 4.78 is 11.7. The number of fused-ring (bicyclic) bond motifs is 10. The Labute approximate surface area is 186 Å². The highest BCUT2D eigenvalue weighted by Crippen LogP contribution is 2.50. The van der Waals surface area contributed by atoms with E-state index in [9.17, 15) is 19.2 Å². The number of amides is 4. The molecule has 7 fully saturated rings. The third-order valence-corrected chi connectivity index (χ3v) is 9.52. The smallest absolute Gasteiger partial charge is 0.235 e. The molecular weight excluding hydrogens is 412 g/mol. The fraction of sp³-hybridized carbons (Fsp3) is 0.833. The molecule has 0 radical (unpaired) electrons. The molecule has 1 saturated carbocycles. The molecule has 0 spiro atoms. The van der Waals surface area contributed by atoms with Crippen LogP contribution in [0.1, 0.15) is 51.4 Å². The van der Waals surface area contributed by atoms with Crippen LogP contribution in [0.2, 0.25) is 0 Å². The molecule has 6 aliphatic heterocycles. The van der Waals surface area contributed by atoms with Gasteiger partial charge < -0.3 is 9.47 Å². The number of carbonyl (C=O) groups is 4. The Hall–Kier alpha value is -1.80. The molecule has 8 nitrogen and oxygen atoms in total. The Morgan fingerprint density at radius 1 is 0.562 bits per heavy atom. The van der Waals surface area contributed by atoms with Crippen LogP contribution in [0, 0.1) is 35.5 Å². The van der Waals surface area contributed by atoms with Crippen molar-refractivity contribution in [1.29, 1.82) is 0 Å². The molecule has 4 bridgehead atoms. The lowest BCUT2D eigenvalue weighted by atomic mass is 9.81. The molecule has 0 aromatic rings. The Bertz CT molecular complexity index is 779. The zero-order chi connectivity index (χ0) is 21.7. The van der Waals surface area contributed by atoms with Gasteiger partial charge in [-0.25, -0.2) is 0 Å². The molecule has 4 amide bonds. The number of ether oxygens (including phenoxy) is 2. The molecule has 0 aromatic heterocycles. The maximum absolute atomic E-state index is 13.0. The predicted octanol–water partition coefficient (Wildman–Crippen LogP) is 1.12. The van der Waals surface area contributed by atoms with Gasteiger partial charge in [0.2, 0.25) is 23.6 Å². The number of rotatable bonds is 4. The summed E-state index contributed by atoms with van der Waals surface area (Å²) in [7, 11) is 0. The normalized spacial score (nSPS) is 49.0. The van der Waals surface area contributed by atoms with E-state index in [2.05, 4.69) is 0 Å². The van der Waals surface area contributed by atoms with Crippen molar-refractivity contribution < 1.29 is 28.7 Å². The third kappa shape index (κ3) is 2.56. The van der Waals surface area contributed by atoms with E-state index in [0.29, 0.717) is 13.1 Å². The van der Waals surface area contributed by atoms with Crippen molar-refractivity contribution in [2.75, 3.05) is 13.1 Å². The first-order valence-corrected chi connectivity index (χ1v) is 12.5. The van der Waals surface area contributed by atoms with E-state index in [0.717, 1.165) is 51.4 Å². The van der Waals surface area contributed by atoms with Crippen molar-refractivity contribution >= 4 is 23.6 Å². The van der Waals surface area contributed by atoms with E-state index in [1.54, 1.807) is 0 Å². The summed E-state index contributed by atoms with van der Waals surface area (Å²) in [5.74, 6) is -0.739. The topological polar surface area (TPSA) is 93.2 Å². The largest absolute Gasteiger partial charge is 0.373 e. The minimum atomic E-state index is -0.266. The number of nitrogens with zero attached hydrogens (tertiary/aromatic N) is 2. The summed E-state index contributed by atoms with van der Waals surface area (Å²) in [6.07, 6.45) is 7.08. The lowest BCUT2D eigenvalue weighted by molar-refractivity contribution is -0.144. The van der Waals surface area contributed by atoms with Crippen LogP contribution in [0.25, 0.3) is 0 Å². The van der Waals surface area contributed by atoms with E-state index in [1.165, 1.54) is 9.80 Å². The van der Waals surface area contributed by atoms with Gasteiger partial charge in [-0.1, -0.05) is 6.42 Å². The second-order valence-corrected chi connectivity index (χ2v) is 11.2. The van der Waals surface area contributed by atoms with Crippen molar-refractivity contribution in [3.63, 3.8) is 0 Å². The van der Waals surface area contributed by atoms with Crippen molar-refractivity contribution in [3.05, 3.63) is 0 Å². The first-order chi connectivity index (χ1) is 15.5. The van der Waals surface area contributed by atoms with E-state index >= 15 is 0 Å². The molecule has 8 heteroatoms. The van der Waals surface area contributed by atoms with E-state index in [-0.39, 0.29) is 83.6 Å². The summed E-state index contributed by atoms with van der Waals surface area (Å²) >= 11 is 0. The van der Waals surface area contributed by atoms with Crippen LogP contribution in [-0.2, 0) is 28.7 Å². The van der Waals surface area contributed by atoms with Crippen molar-refractivity contribution in [2.45, 2.75) is 75.8 Å². The van der Waals surface area contributed by atoms with Crippen LogP contribution in [0.3, 0.4) is 0 Å². The van der Waals surface area contributed by atoms with E-state index in [4.69, 9.17) is 9.47 Å². The number of hydrogen-bond acceptors (Lipinski definition) is 6. The van der Waals surface area contributed by atoms with Gasteiger partial charge in [0.05, 0.1) is 48.1 Å². The van der Waals surface area contributed by atoms with Gasteiger partial charge in [-0.05, 0) is 56.8 Å². The summed E-state index contributed by atoms with van der Waals surface area (Å²) in [5.41, 5.74) is 0. The fourth-order valence-electron chi connectivity index (χ4n) is 8.16. The lowest BCUT2D eigenvalue weighted by Crippen LogP contribution is -2.42. The molecule has 0 N–H and O–H groups in total. The SMILES string of the molecule is O=C1C2C3CCC(O3)C2C(=O)N1CC1CCCC(CN2C(=O)C3C4CCC(O4)C3C2=O)C1. The fourth-order valence-corrected chi connectivity index (χ4v) is 8.16. The van der Waals surface area contributed by atoms with Gasteiger partial charge in [-0.15, -0.1) is 0 Å². The van der Waals surface area contributed by atoms with Gasteiger partial charge in [0, 0.05) is 13.1 Å². The van der Waals surface area contributed by atoms with Crippen molar-refractivity contribution in [3.8, 4) is 0 Å². The highest BCUT2D eigenvalue weighted by Gasteiger charge is 2.63. The van der Waals surface area contributed by atoms with Crippen LogP contribution in [0.4, 0.5) is 0 Å². The molecule has 7 aliphatic rings. The molecule has 6 heterocycles. The Kier molecular flexibility index (Phi) is 4.21. The summed E-state index contributed by atoms with van der Waals surface area (Å²) in [6.45, 7) is 0.956.